The van der Waals surface area contributed by atoms with Gasteiger partial charge in [-0.2, -0.15) is 0 Å². The van der Waals surface area contributed by atoms with Gasteiger partial charge in [-0.1, -0.05) is 57.8 Å². The van der Waals surface area contributed by atoms with Crippen LogP contribution in [0, 0.1) is 29.1 Å². The van der Waals surface area contributed by atoms with Gasteiger partial charge < -0.3 is 0 Å². The Kier molecular flexibility index (Phi) is 5.46. The molecule has 1 heteroatoms. The molecule has 0 radical (unpaired) electrons. The van der Waals surface area contributed by atoms with Crippen molar-refractivity contribution in [2.45, 2.75) is 66.2 Å². The van der Waals surface area contributed by atoms with Crippen molar-refractivity contribution < 1.29 is 4.79 Å². The molecule has 2 saturated carbocycles. The van der Waals surface area contributed by atoms with Gasteiger partial charge in [0.1, 0.15) is 6.29 Å². The molecule has 2 aliphatic rings. The first-order valence-electron chi connectivity index (χ1n) is 8.87. The molecule has 0 aliphatic heterocycles. The van der Waals surface area contributed by atoms with E-state index in [1.54, 1.807) is 0 Å². The zero-order valence-electron chi connectivity index (χ0n) is 14.3. The van der Waals surface area contributed by atoms with E-state index in [1.807, 2.05) is 6.08 Å². The van der Waals surface area contributed by atoms with E-state index in [0.717, 1.165) is 36.4 Å². The minimum atomic E-state index is 0.102. The van der Waals surface area contributed by atoms with Crippen molar-refractivity contribution in [2.75, 3.05) is 0 Å². The SMILES string of the molecule is C/C=C\C1(C)/C(=C\C=O)CCC2C(CCC)C(C)CCC21. The monoisotopic (exact) mass is 288 g/mol. The van der Waals surface area contributed by atoms with Crippen LogP contribution in [0.1, 0.15) is 66.2 Å². The van der Waals surface area contributed by atoms with Crippen molar-refractivity contribution in [3.63, 3.8) is 0 Å². The number of rotatable bonds is 4. The molecular weight excluding hydrogens is 256 g/mol. The molecule has 0 amide bonds. The number of fused-ring (bicyclic) bond motifs is 1. The molecule has 2 fully saturated rings. The Labute approximate surface area is 130 Å². The summed E-state index contributed by atoms with van der Waals surface area (Å²) in [6, 6.07) is 0. The Morgan fingerprint density at radius 2 is 2.05 bits per heavy atom. The lowest BCUT2D eigenvalue weighted by atomic mass is 9.51. The molecule has 21 heavy (non-hydrogen) atoms. The highest BCUT2D eigenvalue weighted by Crippen LogP contribution is 2.57. The predicted molar refractivity (Wildman–Crippen MR) is 90.1 cm³/mol. The number of hydrogen-bond donors (Lipinski definition) is 0. The molecule has 0 spiro atoms. The molecule has 2 aliphatic carbocycles. The number of carbonyl (C=O) groups excluding carboxylic acids is 1. The maximum Gasteiger partial charge on any atom is 0.142 e. The van der Waals surface area contributed by atoms with Crippen LogP contribution in [0.5, 0.6) is 0 Å². The van der Waals surface area contributed by atoms with Crippen LogP contribution in [0.15, 0.2) is 23.8 Å². The summed E-state index contributed by atoms with van der Waals surface area (Å²) in [5.74, 6) is 3.33. The second kappa shape index (κ2) is 6.94. The first-order chi connectivity index (χ1) is 10.1. The van der Waals surface area contributed by atoms with Crippen LogP contribution in [0.25, 0.3) is 0 Å². The van der Waals surface area contributed by atoms with Crippen LogP contribution in [0.3, 0.4) is 0 Å². The van der Waals surface area contributed by atoms with E-state index in [1.165, 1.54) is 37.7 Å². The summed E-state index contributed by atoms with van der Waals surface area (Å²) >= 11 is 0. The lowest BCUT2D eigenvalue weighted by molar-refractivity contribution is -0.104. The van der Waals surface area contributed by atoms with Crippen LogP contribution >= 0.6 is 0 Å². The fourth-order valence-electron chi connectivity index (χ4n) is 5.33. The molecule has 2 rings (SSSR count). The van der Waals surface area contributed by atoms with E-state index in [0.29, 0.717) is 0 Å². The summed E-state index contributed by atoms with van der Waals surface area (Å²) in [6.07, 6.45) is 15.1. The smallest absolute Gasteiger partial charge is 0.142 e. The van der Waals surface area contributed by atoms with Gasteiger partial charge in [0, 0.05) is 5.41 Å². The van der Waals surface area contributed by atoms with E-state index in [2.05, 4.69) is 39.8 Å². The highest BCUT2D eigenvalue weighted by atomic mass is 16.1. The number of allylic oxidation sites excluding steroid dienone is 4. The Balaban J connectivity index is 2.35. The number of carbonyl (C=O) groups is 1. The second-order valence-electron chi connectivity index (χ2n) is 7.43. The standard InChI is InChI=1S/C20H32O/c1-5-7-17-15(3)8-11-19-18(17)10-9-16(12-14-21)20(19,4)13-6-2/h6,12-15,17-19H,5,7-11H2,1-4H3/b13-6-,16-12-. The van der Waals surface area contributed by atoms with Crippen molar-refractivity contribution in [1.82, 2.24) is 0 Å². The van der Waals surface area contributed by atoms with E-state index < -0.39 is 0 Å². The molecule has 0 bridgehead atoms. The van der Waals surface area contributed by atoms with E-state index >= 15 is 0 Å². The Bertz CT molecular complexity index is 420. The van der Waals surface area contributed by atoms with Gasteiger partial charge in [0.15, 0.2) is 0 Å². The fraction of sp³-hybridized carbons (Fsp3) is 0.750. The molecule has 1 nitrogen and oxygen atoms in total. The van der Waals surface area contributed by atoms with Crippen LogP contribution in [0.4, 0.5) is 0 Å². The van der Waals surface area contributed by atoms with Crippen molar-refractivity contribution >= 4 is 6.29 Å². The highest BCUT2D eigenvalue weighted by Gasteiger charge is 2.48. The van der Waals surface area contributed by atoms with Gasteiger partial charge in [0.05, 0.1) is 0 Å². The first-order valence-corrected chi connectivity index (χ1v) is 8.87. The van der Waals surface area contributed by atoms with Crippen LogP contribution in [0.2, 0.25) is 0 Å². The summed E-state index contributed by atoms with van der Waals surface area (Å²) in [5, 5.41) is 0. The quantitative estimate of drug-likeness (QED) is 0.375. The van der Waals surface area contributed by atoms with Crippen molar-refractivity contribution in [3.05, 3.63) is 23.8 Å². The minimum Gasteiger partial charge on any atom is -0.299 e. The van der Waals surface area contributed by atoms with Crippen molar-refractivity contribution in [1.29, 1.82) is 0 Å². The van der Waals surface area contributed by atoms with Crippen molar-refractivity contribution in [3.8, 4) is 0 Å². The molecule has 0 saturated heterocycles. The molecule has 0 N–H and O–H groups in total. The third-order valence-corrected chi connectivity index (χ3v) is 6.34. The molecule has 118 valence electrons. The maximum absolute atomic E-state index is 11.0. The summed E-state index contributed by atoms with van der Waals surface area (Å²) < 4.78 is 0. The van der Waals surface area contributed by atoms with Gasteiger partial charge in [-0.05, 0) is 55.9 Å². The van der Waals surface area contributed by atoms with Gasteiger partial charge in [0.2, 0.25) is 0 Å². The van der Waals surface area contributed by atoms with E-state index in [9.17, 15) is 4.79 Å². The molecule has 5 atom stereocenters. The molecule has 0 aromatic rings. The molecular formula is C20H32O. The van der Waals surface area contributed by atoms with Gasteiger partial charge in [0.25, 0.3) is 0 Å². The first kappa shape index (κ1) is 16.5. The summed E-state index contributed by atoms with van der Waals surface area (Å²) in [7, 11) is 0. The zero-order chi connectivity index (χ0) is 15.5. The minimum absolute atomic E-state index is 0.102. The summed E-state index contributed by atoms with van der Waals surface area (Å²) in [4.78, 5) is 11.0. The lowest BCUT2D eigenvalue weighted by Gasteiger charge is -2.53. The van der Waals surface area contributed by atoms with Crippen LogP contribution in [-0.2, 0) is 4.79 Å². The Morgan fingerprint density at radius 3 is 2.67 bits per heavy atom. The summed E-state index contributed by atoms with van der Waals surface area (Å²) in [5.41, 5.74) is 1.46. The van der Waals surface area contributed by atoms with E-state index in [-0.39, 0.29) is 5.41 Å². The molecule has 0 aromatic carbocycles. The van der Waals surface area contributed by atoms with E-state index in [4.69, 9.17) is 0 Å². The number of aldehydes is 1. The fourth-order valence-corrected chi connectivity index (χ4v) is 5.33. The molecule has 0 aromatic heterocycles. The molecule has 5 unspecified atom stereocenters. The van der Waals surface area contributed by atoms with Crippen LogP contribution in [-0.4, -0.2) is 6.29 Å². The topological polar surface area (TPSA) is 17.1 Å². The Hall–Kier alpha value is -0.850. The zero-order valence-corrected chi connectivity index (χ0v) is 14.3. The third kappa shape index (κ3) is 3.03. The second-order valence-corrected chi connectivity index (χ2v) is 7.43. The Morgan fingerprint density at radius 1 is 1.29 bits per heavy atom. The van der Waals surface area contributed by atoms with Gasteiger partial charge in [-0.3, -0.25) is 4.79 Å². The number of hydrogen-bond acceptors (Lipinski definition) is 1. The summed E-state index contributed by atoms with van der Waals surface area (Å²) in [6.45, 7) is 9.27. The third-order valence-electron chi connectivity index (χ3n) is 6.34. The normalized spacial score (nSPS) is 42.2. The lowest BCUT2D eigenvalue weighted by Crippen LogP contribution is -2.45. The van der Waals surface area contributed by atoms with Crippen molar-refractivity contribution in [2.24, 2.45) is 29.1 Å². The van der Waals surface area contributed by atoms with Gasteiger partial charge in [-0.25, -0.2) is 0 Å². The average molecular weight is 288 g/mol. The predicted octanol–water partition coefficient (Wildman–Crippen LogP) is 5.57. The largest absolute Gasteiger partial charge is 0.299 e. The van der Waals surface area contributed by atoms with Crippen LogP contribution < -0.4 is 0 Å². The van der Waals surface area contributed by atoms with Gasteiger partial charge in [-0.15, -0.1) is 0 Å². The maximum atomic E-state index is 11.0. The highest BCUT2D eigenvalue weighted by molar-refractivity contribution is 5.67. The molecule has 0 heterocycles. The van der Waals surface area contributed by atoms with Gasteiger partial charge >= 0.3 is 0 Å². The average Bonchev–Trinajstić information content (AvgIpc) is 2.45.